The molecule has 2 atom stereocenters. The van der Waals surface area contributed by atoms with Crippen LogP contribution in [-0.2, 0) is 4.79 Å². The SMILES string of the molecule is Cc1cccc([C@H]2C[C@@H]2C(=O)Nc2cc(Cl)ncn2)n1. The van der Waals surface area contributed by atoms with Gasteiger partial charge in [-0.05, 0) is 25.5 Å². The fourth-order valence-electron chi connectivity index (χ4n) is 2.20. The number of carbonyl (C=O) groups excluding carboxylic acids is 1. The average Bonchev–Trinajstić information content (AvgIpc) is 3.19. The quantitative estimate of drug-likeness (QED) is 0.882. The van der Waals surface area contributed by atoms with Crippen molar-refractivity contribution in [1.29, 1.82) is 0 Å². The molecule has 1 amide bonds. The summed E-state index contributed by atoms with van der Waals surface area (Å²) >= 11 is 5.75. The highest BCUT2D eigenvalue weighted by atomic mass is 35.5. The molecule has 1 aliphatic carbocycles. The van der Waals surface area contributed by atoms with Crippen molar-refractivity contribution in [2.24, 2.45) is 5.92 Å². The predicted molar refractivity (Wildman–Crippen MR) is 75.5 cm³/mol. The highest BCUT2D eigenvalue weighted by Gasteiger charge is 2.45. The third-order valence-electron chi connectivity index (χ3n) is 3.30. The van der Waals surface area contributed by atoms with Crippen LogP contribution in [0.2, 0.25) is 5.15 Å². The Bertz CT molecular complexity index is 661. The van der Waals surface area contributed by atoms with Crippen LogP contribution < -0.4 is 5.32 Å². The van der Waals surface area contributed by atoms with E-state index < -0.39 is 0 Å². The molecule has 6 heteroatoms. The van der Waals surface area contributed by atoms with Gasteiger partial charge in [-0.25, -0.2) is 9.97 Å². The second kappa shape index (κ2) is 5.17. The fraction of sp³-hybridized carbons (Fsp3) is 0.286. The smallest absolute Gasteiger partial charge is 0.229 e. The molecule has 1 aliphatic rings. The van der Waals surface area contributed by atoms with Gasteiger partial charge in [0.25, 0.3) is 0 Å². The molecule has 3 rings (SSSR count). The summed E-state index contributed by atoms with van der Waals surface area (Å²) in [7, 11) is 0. The minimum absolute atomic E-state index is 0.0435. The third-order valence-corrected chi connectivity index (χ3v) is 3.51. The van der Waals surface area contributed by atoms with E-state index in [0.717, 1.165) is 17.8 Å². The van der Waals surface area contributed by atoms with Crippen LogP contribution in [0.4, 0.5) is 5.82 Å². The summed E-state index contributed by atoms with van der Waals surface area (Å²) < 4.78 is 0. The van der Waals surface area contributed by atoms with E-state index in [1.54, 1.807) is 0 Å². The second-order valence-corrected chi connectivity index (χ2v) is 5.25. The van der Waals surface area contributed by atoms with Crippen LogP contribution in [0.5, 0.6) is 0 Å². The monoisotopic (exact) mass is 288 g/mol. The Morgan fingerprint density at radius 1 is 1.40 bits per heavy atom. The molecule has 0 radical (unpaired) electrons. The van der Waals surface area contributed by atoms with Crippen LogP contribution in [0.25, 0.3) is 0 Å². The van der Waals surface area contributed by atoms with Gasteiger partial charge in [-0.2, -0.15) is 0 Å². The number of aromatic nitrogens is 3. The van der Waals surface area contributed by atoms with Crippen LogP contribution in [-0.4, -0.2) is 20.9 Å². The number of halogens is 1. The number of rotatable bonds is 3. The molecule has 2 aromatic heterocycles. The molecule has 0 aromatic carbocycles. The Hall–Kier alpha value is -2.01. The zero-order chi connectivity index (χ0) is 14.1. The van der Waals surface area contributed by atoms with E-state index in [9.17, 15) is 4.79 Å². The molecule has 0 bridgehead atoms. The normalized spacial score (nSPS) is 20.5. The van der Waals surface area contributed by atoms with Gasteiger partial charge in [0.05, 0.1) is 0 Å². The largest absolute Gasteiger partial charge is 0.310 e. The van der Waals surface area contributed by atoms with Gasteiger partial charge >= 0.3 is 0 Å². The maximum atomic E-state index is 12.1. The lowest BCUT2D eigenvalue weighted by molar-refractivity contribution is -0.117. The summed E-state index contributed by atoms with van der Waals surface area (Å²) in [6, 6.07) is 7.41. The number of hydrogen-bond donors (Lipinski definition) is 1. The molecule has 0 spiro atoms. The van der Waals surface area contributed by atoms with Gasteiger partial charge in [0, 0.05) is 29.3 Å². The van der Waals surface area contributed by atoms with Gasteiger partial charge in [-0.1, -0.05) is 17.7 Å². The zero-order valence-corrected chi connectivity index (χ0v) is 11.6. The minimum Gasteiger partial charge on any atom is -0.310 e. The first-order valence-electron chi connectivity index (χ1n) is 6.35. The summed E-state index contributed by atoms with van der Waals surface area (Å²) in [4.78, 5) is 24.3. The zero-order valence-electron chi connectivity index (χ0n) is 10.9. The number of carbonyl (C=O) groups is 1. The Balaban J connectivity index is 1.66. The number of amides is 1. The third kappa shape index (κ3) is 2.77. The van der Waals surface area contributed by atoms with Gasteiger partial charge in [0.15, 0.2) is 0 Å². The first kappa shape index (κ1) is 13.0. The van der Waals surface area contributed by atoms with E-state index in [0.29, 0.717) is 11.0 Å². The molecule has 0 unspecified atom stereocenters. The fourth-order valence-corrected chi connectivity index (χ4v) is 2.35. The van der Waals surface area contributed by atoms with Gasteiger partial charge in [0.1, 0.15) is 17.3 Å². The number of nitrogens with zero attached hydrogens (tertiary/aromatic N) is 3. The van der Waals surface area contributed by atoms with E-state index in [1.165, 1.54) is 12.4 Å². The van der Waals surface area contributed by atoms with E-state index >= 15 is 0 Å². The van der Waals surface area contributed by atoms with E-state index in [1.807, 2.05) is 25.1 Å². The molecular formula is C14H13ClN4O. The molecular weight excluding hydrogens is 276 g/mol. The molecule has 2 heterocycles. The summed E-state index contributed by atoms with van der Waals surface area (Å²) in [5.41, 5.74) is 1.95. The molecule has 0 aliphatic heterocycles. The molecule has 1 fully saturated rings. The van der Waals surface area contributed by atoms with Crippen molar-refractivity contribution in [3.63, 3.8) is 0 Å². The molecule has 5 nitrogen and oxygen atoms in total. The maximum Gasteiger partial charge on any atom is 0.229 e. The molecule has 2 aromatic rings. The van der Waals surface area contributed by atoms with Gasteiger partial charge in [0.2, 0.25) is 5.91 Å². The topological polar surface area (TPSA) is 67.8 Å². The Kier molecular flexibility index (Phi) is 3.36. The first-order valence-corrected chi connectivity index (χ1v) is 6.73. The van der Waals surface area contributed by atoms with Gasteiger partial charge in [-0.3, -0.25) is 9.78 Å². The van der Waals surface area contributed by atoms with Crippen molar-refractivity contribution in [2.75, 3.05) is 5.32 Å². The summed E-state index contributed by atoms with van der Waals surface area (Å²) in [5, 5.41) is 3.07. The van der Waals surface area contributed by atoms with Crippen LogP contribution in [0.1, 0.15) is 23.7 Å². The maximum absolute atomic E-state index is 12.1. The lowest BCUT2D eigenvalue weighted by atomic mass is 10.2. The van der Waals surface area contributed by atoms with Gasteiger partial charge < -0.3 is 5.32 Å². The number of pyridine rings is 1. The summed E-state index contributed by atoms with van der Waals surface area (Å²) in [6.45, 7) is 1.95. The first-order chi connectivity index (χ1) is 9.63. The Labute approximate surface area is 121 Å². The molecule has 0 saturated heterocycles. The Morgan fingerprint density at radius 3 is 3.00 bits per heavy atom. The van der Waals surface area contributed by atoms with E-state index in [2.05, 4.69) is 20.3 Å². The molecule has 102 valence electrons. The van der Waals surface area contributed by atoms with Crippen molar-refractivity contribution in [1.82, 2.24) is 15.0 Å². The molecule has 1 N–H and O–H groups in total. The van der Waals surface area contributed by atoms with Crippen molar-refractivity contribution in [3.05, 3.63) is 47.1 Å². The number of aryl methyl sites for hydroxylation is 1. The van der Waals surface area contributed by atoms with E-state index in [4.69, 9.17) is 11.6 Å². The standard InChI is InChI=1S/C14H13ClN4O/c1-8-3-2-4-11(18-8)9-5-10(9)14(20)19-13-6-12(15)16-7-17-13/h2-4,6-7,9-10H,5H2,1H3,(H,16,17,19,20)/t9-,10-/m0/s1. The predicted octanol–water partition coefficient (Wildman–Crippen LogP) is 2.58. The Morgan fingerprint density at radius 2 is 2.25 bits per heavy atom. The van der Waals surface area contributed by atoms with Crippen molar-refractivity contribution in [2.45, 2.75) is 19.3 Å². The van der Waals surface area contributed by atoms with Crippen molar-refractivity contribution >= 4 is 23.3 Å². The second-order valence-electron chi connectivity index (χ2n) is 4.87. The molecule has 1 saturated carbocycles. The van der Waals surface area contributed by atoms with Crippen LogP contribution in [0.3, 0.4) is 0 Å². The van der Waals surface area contributed by atoms with E-state index in [-0.39, 0.29) is 17.7 Å². The minimum atomic E-state index is -0.0481. The van der Waals surface area contributed by atoms with Crippen molar-refractivity contribution in [3.8, 4) is 0 Å². The molecule has 20 heavy (non-hydrogen) atoms. The number of nitrogens with one attached hydrogen (secondary N) is 1. The highest BCUT2D eigenvalue weighted by molar-refractivity contribution is 6.29. The lowest BCUT2D eigenvalue weighted by Crippen LogP contribution is -2.15. The van der Waals surface area contributed by atoms with Crippen LogP contribution in [0.15, 0.2) is 30.6 Å². The summed E-state index contributed by atoms with van der Waals surface area (Å²) in [6.07, 6.45) is 2.14. The van der Waals surface area contributed by atoms with Crippen LogP contribution >= 0.6 is 11.6 Å². The summed E-state index contributed by atoms with van der Waals surface area (Å²) in [5.74, 6) is 0.538. The average molecular weight is 289 g/mol. The number of anilines is 1. The lowest BCUT2D eigenvalue weighted by Gasteiger charge is -2.04. The van der Waals surface area contributed by atoms with Crippen molar-refractivity contribution < 1.29 is 4.79 Å². The highest BCUT2D eigenvalue weighted by Crippen LogP contribution is 2.47. The van der Waals surface area contributed by atoms with Crippen LogP contribution in [0, 0.1) is 12.8 Å². The van der Waals surface area contributed by atoms with Gasteiger partial charge in [-0.15, -0.1) is 0 Å². The number of hydrogen-bond acceptors (Lipinski definition) is 4.